The lowest BCUT2D eigenvalue weighted by molar-refractivity contribution is 0.619. The summed E-state index contributed by atoms with van der Waals surface area (Å²) < 4.78 is 12.8. The summed E-state index contributed by atoms with van der Waals surface area (Å²) in [5.74, 6) is 0.582. The van der Waals surface area contributed by atoms with Crippen LogP contribution in [0.4, 0.5) is 17.1 Å². The molecule has 0 radical (unpaired) electrons. The minimum Gasteiger partial charge on any atom is -0.455 e. The van der Waals surface area contributed by atoms with Crippen molar-refractivity contribution in [1.82, 2.24) is 4.98 Å². The van der Waals surface area contributed by atoms with Crippen LogP contribution in [-0.2, 0) is 0 Å². The fourth-order valence-electron chi connectivity index (χ4n) is 7.29. The van der Waals surface area contributed by atoms with Crippen LogP contribution < -0.4 is 4.90 Å². The van der Waals surface area contributed by atoms with Crippen molar-refractivity contribution in [3.63, 3.8) is 0 Å². The van der Waals surface area contributed by atoms with Gasteiger partial charge in [0.05, 0.1) is 5.69 Å². The highest BCUT2D eigenvalue weighted by atomic mass is 16.3. The maximum atomic E-state index is 6.71. The zero-order chi connectivity index (χ0) is 33.7. The van der Waals surface area contributed by atoms with E-state index in [4.69, 9.17) is 13.8 Å². The zero-order valence-electron chi connectivity index (χ0n) is 27.5. The smallest absolute Gasteiger partial charge is 0.227 e. The topological polar surface area (TPSA) is 42.4 Å². The lowest BCUT2D eigenvalue weighted by Gasteiger charge is -2.27. The molecule has 2 heterocycles. The van der Waals surface area contributed by atoms with Crippen LogP contribution in [0.15, 0.2) is 191 Å². The number of hydrogen-bond donors (Lipinski definition) is 0. The number of furan rings is 1. The first kappa shape index (κ1) is 29.0. The van der Waals surface area contributed by atoms with Crippen LogP contribution in [0.3, 0.4) is 0 Å². The van der Waals surface area contributed by atoms with Gasteiger partial charge in [-0.2, -0.15) is 0 Å². The molecule has 0 N–H and O–H groups in total. The molecule has 0 unspecified atom stereocenters. The first-order valence-electron chi connectivity index (χ1n) is 17.1. The molecule has 2 aromatic heterocycles. The van der Waals surface area contributed by atoms with Crippen LogP contribution >= 0.6 is 0 Å². The van der Waals surface area contributed by atoms with Crippen LogP contribution in [0.2, 0.25) is 0 Å². The third kappa shape index (κ3) is 4.96. The van der Waals surface area contributed by atoms with Gasteiger partial charge in [-0.1, -0.05) is 121 Å². The van der Waals surface area contributed by atoms with E-state index < -0.39 is 0 Å². The quantitative estimate of drug-likeness (QED) is 0.179. The molecule has 0 bridgehead atoms. The fourth-order valence-corrected chi connectivity index (χ4v) is 7.29. The van der Waals surface area contributed by atoms with E-state index >= 15 is 0 Å². The van der Waals surface area contributed by atoms with Crippen molar-refractivity contribution in [3.05, 3.63) is 182 Å². The Balaban J connectivity index is 1.11. The molecule has 0 fully saturated rings. The third-order valence-corrected chi connectivity index (χ3v) is 9.72. The summed E-state index contributed by atoms with van der Waals surface area (Å²) in [7, 11) is 0. The number of fused-ring (bicyclic) bond motifs is 5. The maximum absolute atomic E-state index is 6.71. The molecule has 0 atom stereocenters. The van der Waals surface area contributed by atoms with Gasteiger partial charge < -0.3 is 13.7 Å². The summed E-state index contributed by atoms with van der Waals surface area (Å²) in [4.78, 5) is 7.06. The molecule has 51 heavy (non-hydrogen) atoms. The maximum Gasteiger partial charge on any atom is 0.227 e. The van der Waals surface area contributed by atoms with E-state index in [1.54, 1.807) is 0 Å². The third-order valence-electron chi connectivity index (χ3n) is 9.72. The first-order chi connectivity index (χ1) is 25.3. The van der Waals surface area contributed by atoms with Crippen LogP contribution in [0.5, 0.6) is 0 Å². The van der Waals surface area contributed by atoms with Gasteiger partial charge in [0.2, 0.25) is 5.89 Å². The van der Waals surface area contributed by atoms with E-state index in [1.807, 2.05) is 30.3 Å². The lowest BCUT2D eigenvalue weighted by Crippen LogP contribution is -2.10. The average Bonchev–Trinajstić information content (AvgIpc) is 3.81. The predicted molar refractivity (Wildman–Crippen MR) is 210 cm³/mol. The summed E-state index contributed by atoms with van der Waals surface area (Å²) in [6.07, 6.45) is 0. The van der Waals surface area contributed by atoms with E-state index in [0.717, 1.165) is 77.6 Å². The van der Waals surface area contributed by atoms with Gasteiger partial charge in [0.1, 0.15) is 16.7 Å². The van der Waals surface area contributed by atoms with Crippen LogP contribution in [0.25, 0.3) is 77.5 Å². The Morgan fingerprint density at radius 3 is 1.88 bits per heavy atom. The van der Waals surface area contributed by atoms with E-state index in [2.05, 4.69) is 157 Å². The highest BCUT2D eigenvalue weighted by molar-refractivity contribution is 6.14. The van der Waals surface area contributed by atoms with Gasteiger partial charge in [-0.15, -0.1) is 0 Å². The largest absolute Gasteiger partial charge is 0.455 e. The van der Waals surface area contributed by atoms with Crippen molar-refractivity contribution in [2.24, 2.45) is 0 Å². The molecule has 0 aliphatic heterocycles. The Labute approximate surface area is 294 Å². The predicted octanol–water partition coefficient (Wildman–Crippen LogP) is 13.4. The van der Waals surface area contributed by atoms with Crippen molar-refractivity contribution < 1.29 is 8.83 Å². The summed E-state index contributed by atoms with van der Waals surface area (Å²) in [5, 5.41) is 4.43. The summed E-state index contributed by atoms with van der Waals surface area (Å²) in [6, 6.07) is 63.5. The summed E-state index contributed by atoms with van der Waals surface area (Å²) in [6.45, 7) is 0. The molecule has 0 spiro atoms. The Morgan fingerprint density at radius 2 is 1.06 bits per heavy atom. The number of hydrogen-bond acceptors (Lipinski definition) is 4. The molecule has 240 valence electrons. The highest BCUT2D eigenvalue weighted by Gasteiger charge is 2.20. The number of oxazole rings is 1. The van der Waals surface area contributed by atoms with E-state index in [-0.39, 0.29) is 0 Å². The van der Waals surface area contributed by atoms with E-state index in [0.29, 0.717) is 5.89 Å². The average molecular weight is 655 g/mol. The zero-order valence-corrected chi connectivity index (χ0v) is 27.5. The van der Waals surface area contributed by atoms with Gasteiger partial charge in [0.25, 0.3) is 0 Å². The molecule has 0 amide bonds. The second kappa shape index (κ2) is 11.9. The van der Waals surface area contributed by atoms with Gasteiger partial charge in [-0.3, -0.25) is 0 Å². The number of nitrogens with zero attached hydrogens (tertiary/aromatic N) is 2. The van der Waals surface area contributed by atoms with Crippen molar-refractivity contribution in [2.75, 3.05) is 4.90 Å². The second-order valence-electron chi connectivity index (χ2n) is 12.7. The first-order valence-corrected chi connectivity index (χ1v) is 17.1. The van der Waals surface area contributed by atoms with Crippen LogP contribution in [0, 0.1) is 0 Å². The highest BCUT2D eigenvalue weighted by Crippen LogP contribution is 2.44. The van der Waals surface area contributed by atoms with E-state index in [9.17, 15) is 0 Å². The van der Waals surface area contributed by atoms with Gasteiger partial charge in [-0.25, -0.2) is 4.98 Å². The van der Waals surface area contributed by atoms with Crippen molar-refractivity contribution in [3.8, 4) is 33.7 Å². The summed E-state index contributed by atoms with van der Waals surface area (Å²) >= 11 is 0. The normalized spacial score (nSPS) is 11.5. The minimum atomic E-state index is 0.582. The molecule has 4 nitrogen and oxygen atoms in total. The van der Waals surface area contributed by atoms with Gasteiger partial charge in [0, 0.05) is 38.7 Å². The monoisotopic (exact) mass is 654 g/mol. The number of para-hydroxylation sites is 4. The number of aromatic nitrogens is 1. The molecule has 10 aromatic rings. The Hall–Kier alpha value is -6.91. The van der Waals surface area contributed by atoms with Gasteiger partial charge >= 0.3 is 0 Å². The molecule has 0 aliphatic rings. The van der Waals surface area contributed by atoms with Crippen LogP contribution in [-0.4, -0.2) is 4.98 Å². The molecule has 10 rings (SSSR count). The second-order valence-corrected chi connectivity index (χ2v) is 12.7. The Bertz CT molecular complexity index is 2820. The molecular weight excluding hydrogens is 625 g/mol. The Kier molecular flexibility index (Phi) is 6.78. The number of anilines is 3. The number of rotatable bonds is 6. The van der Waals surface area contributed by atoms with Crippen LogP contribution in [0.1, 0.15) is 0 Å². The molecular formula is C47H30N2O2. The SMILES string of the molecule is c1ccc(-c2ccc(N(c3ccccc3)c3ccc(-c4cccc5c4oc4cc(-c6nc7ccccc7o6)ccc45)c4ccccc34)cc2)cc1. The number of benzene rings is 8. The van der Waals surface area contributed by atoms with E-state index in [1.165, 1.54) is 11.1 Å². The molecule has 8 aromatic carbocycles. The molecule has 4 heteroatoms. The van der Waals surface area contributed by atoms with Crippen molar-refractivity contribution >= 4 is 60.9 Å². The summed E-state index contributed by atoms with van der Waals surface area (Å²) in [5.41, 5.74) is 12.0. The molecule has 0 saturated carbocycles. The standard InChI is InChI=1S/C47H30N2O2/c1-3-12-31(13-4-1)32-22-25-35(26-23-32)49(34-14-5-2-6-15-34)43-29-28-37(36-16-7-8-17-38(36)43)40-18-11-19-41-39-27-24-33(30-45(39)50-46(40)41)47-48-42-20-9-10-21-44(42)51-47/h1-30H. The molecule has 0 aliphatic carbocycles. The molecule has 0 saturated heterocycles. The minimum absolute atomic E-state index is 0.582. The lowest BCUT2D eigenvalue weighted by atomic mass is 9.95. The van der Waals surface area contributed by atoms with Crippen molar-refractivity contribution in [2.45, 2.75) is 0 Å². The van der Waals surface area contributed by atoms with Gasteiger partial charge in [0.15, 0.2) is 5.58 Å². The Morgan fingerprint density at radius 1 is 0.392 bits per heavy atom. The van der Waals surface area contributed by atoms with Crippen molar-refractivity contribution in [1.29, 1.82) is 0 Å². The fraction of sp³-hybridized carbons (Fsp3) is 0. The van der Waals surface area contributed by atoms with Gasteiger partial charge in [-0.05, 0) is 82.7 Å².